The number of carbonyl (C=O) groups excluding carboxylic acids is 1. The molecule has 0 unspecified atom stereocenters. The molecule has 1 N–H and O–H groups in total. The Morgan fingerprint density at radius 1 is 1.09 bits per heavy atom. The summed E-state index contributed by atoms with van der Waals surface area (Å²) in [5.74, 6) is 1.01. The van der Waals surface area contributed by atoms with Gasteiger partial charge in [0, 0.05) is 6.54 Å². The Balaban J connectivity index is 1.34. The number of alkyl carbamates (subject to hydrolysis) is 1. The van der Waals surface area contributed by atoms with Gasteiger partial charge in [-0.1, -0.05) is 55.2 Å². The van der Waals surface area contributed by atoms with E-state index in [1.165, 1.54) is 5.56 Å². The summed E-state index contributed by atoms with van der Waals surface area (Å²) in [7, 11) is 0. The van der Waals surface area contributed by atoms with Crippen LogP contribution in [0.3, 0.4) is 0 Å². The number of piperidine rings is 3. The lowest BCUT2D eigenvalue weighted by atomic mass is 9.85. The maximum absolute atomic E-state index is 12.9. The monoisotopic (exact) mass is 516 g/mol. The Morgan fingerprint density at radius 2 is 1.77 bits per heavy atom. The molecule has 0 spiro atoms. The average Bonchev–Trinajstić information content (AvgIpc) is 3.05. The molecule has 3 heterocycles. The van der Waals surface area contributed by atoms with E-state index >= 15 is 0 Å². The van der Waals surface area contributed by atoms with Gasteiger partial charge >= 0.3 is 6.09 Å². The van der Waals surface area contributed by atoms with Crippen LogP contribution in [-0.2, 0) is 11.2 Å². The summed E-state index contributed by atoms with van der Waals surface area (Å²) in [5.41, 5.74) is 4.21. The van der Waals surface area contributed by atoms with Crippen LogP contribution in [0.5, 0.6) is 5.75 Å². The Morgan fingerprint density at radius 3 is 2.37 bits per heavy atom. The lowest BCUT2D eigenvalue weighted by Crippen LogP contribution is -2.53. The van der Waals surface area contributed by atoms with Crippen LogP contribution in [0.25, 0.3) is 11.1 Å². The topological polar surface area (TPSA) is 50.8 Å². The lowest BCUT2D eigenvalue weighted by Gasteiger charge is -2.44. The molecule has 3 saturated heterocycles. The van der Waals surface area contributed by atoms with Gasteiger partial charge in [0.1, 0.15) is 6.10 Å². The molecule has 2 aromatic rings. The normalized spacial score (nSPS) is 26.5. The molecule has 0 saturated carbocycles. The molecular formula is C28H34Cl2N2O3. The molecule has 7 heteroatoms. The Hall–Kier alpha value is -1.95. The molecule has 35 heavy (non-hydrogen) atoms. The van der Waals surface area contributed by atoms with E-state index in [1.54, 1.807) is 0 Å². The van der Waals surface area contributed by atoms with Crippen LogP contribution < -0.4 is 10.1 Å². The van der Waals surface area contributed by atoms with E-state index in [0.717, 1.165) is 55.6 Å². The second kappa shape index (κ2) is 9.49. The van der Waals surface area contributed by atoms with Crippen molar-refractivity contribution in [3.8, 4) is 16.9 Å². The summed E-state index contributed by atoms with van der Waals surface area (Å²) in [4.78, 5) is 15.3. The second-order valence-electron chi connectivity index (χ2n) is 11.2. The minimum Gasteiger partial charge on any atom is -0.488 e. The molecule has 188 valence electrons. The standard InChI is InChI=1S/C28H34Cl2N2O3/c1-16(2)34-25-22(29)12-19(13-23(25)30)18-5-6-21-20(11-18)14-28(3,4)26(21)31-27(33)35-24-15-32-9-7-17(24)8-10-32/h5-6,11-13,16-17,24,26H,7-10,14-15H2,1-4H3,(H,31,33)/t24-,26+/m1/s1. The van der Waals surface area contributed by atoms with Crippen molar-refractivity contribution in [3.63, 3.8) is 0 Å². The molecule has 0 radical (unpaired) electrons. The van der Waals surface area contributed by atoms with Gasteiger partial charge in [-0.3, -0.25) is 4.90 Å². The Labute approximate surface area is 218 Å². The van der Waals surface area contributed by atoms with Crippen molar-refractivity contribution in [1.29, 1.82) is 0 Å². The van der Waals surface area contributed by atoms with Crippen LogP contribution in [0, 0.1) is 11.3 Å². The summed E-state index contributed by atoms with van der Waals surface area (Å²) in [6, 6.07) is 10.1. The van der Waals surface area contributed by atoms with Crippen molar-refractivity contribution in [2.24, 2.45) is 11.3 Å². The van der Waals surface area contributed by atoms with Crippen molar-refractivity contribution in [3.05, 3.63) is 51.5 Å². The zero-order valence-electron chi connectivity index (χ0n) is 20.9. The van der Waals surface area contributed by atoms with Crippen LogP contribution >= 0.6 is 23.2 Å². The number of hydrogen-bond acceptors (Lipinski definition) is 4. The van der Waals surface area contributed by atoms with Gasteiger partial charge in [-0.15, -0.1) is 0 Å². The summed E-state index contributed by atoms with van der Waals surface area (Å²) in [5, 5.41) is 4.19. The first-order valence-corrected chi connectivity index (χ1v) is 13.3. The first kappa shape index (κ1) is 24.7. The number of ether oxygens (including phenoxy) is 2. The van der Waals surface area contributed by atoms with Crippen LogP contribution in [0.15, 0.2) is 30.3 Å². The summed E-state index contributed by atoms with van der Waals surface area (Å²) in [6.07, 6.45) is 2.78. The molecule has 6 rings (SSSR count). The molecule has 5 nitrogen and oxygen atoms in total. The second-order valence-corrected chi connectivity index (χ2v) is 12.0. The first-order valence-electron chi connectivity index (χ1n) is 12.6. The first-order chi connectivity index (χ1) is 16.6. The fourth-order valence-corrected chi connectivity index (χ4v) is 6.49. The number of amides is 1. The number of fused-ring (bicyclic) bond motifs is 4. The number of nitrogens with zero attached hydrogens (tertiary/aromatic N) is 1. The summed E-state index contributed by atoms with van der Waals surface area (Å²) < 4.78 is 11.7. The fraction of sp³-hybridized carbons (Fsp3) is 0.536. The van der Waals surface area contributed by atoms with Gasteiger partial charge in [0.15, 0.2) is 5.75 Å². The van der Waals surface area contributed by atoms with E-state index < -0.39 is 0 Å². The van der Waals surface area contributed by atoms with Gasteiger partial charge in [0.25, 0.3) is 0 Å². The molecule has 4 aliphatic rings. The zero-order valence-corrected chi connectivity index (χ0v) is 22.4. The molecule has 1 aliphatic carbocycles. The number of nitrogens with one attached hydrogen (secondary N) is 1. The van der Waals surface area contributed by atoms with Gasteiger partial charge < -0.3 is 14.8 Å². The van der Waals surface area contributed by atoms with E-state index in [1.807, 2.05) is 26.0 Å². The van der Waals surface area contributed by atoms with Gasteiger partial charge in [0.2, 0.25) is 0 Å². The molecule has 3 aliphatic heterocycles. The number of benzene rings is 2. The number of hydrogen-bond donors (Lipinski definition) is 1. The van der Waals surface area contributed by atoms with Crippen molar-refractivity contribution >= 4 is 29.3 Å². The average molecular weight is 517 g/mol. The van der Waals surface area contributed by atoms with E-state index in [9.17, 15) is 4.79 Å². The highest BCUT2D eigenvalue weighted by atomic mass is 35.5. The number of carbonyl (C=O) groups is 1. The summed E-state index contributed by atoms with van der Waals surface area (Å²) in [6.45, 7) is 11.4. The smallest absolute Gasteiger partial charge is 0.407 e. The minimum atomic E-state index is -0.307. The van der Waals surface area contributed by atoms with Crippen molar-refractivity contribution in [2.45, 2.75) is 65.2 Å². The predicted octanol–water partition coefficient (Wildman–Crippen LogP) is 6.89. The summed E-state index contributed by atoms with van der Waals surface area (Å²) >= 11 is 13.0. The van der Waals surface area contributed by atoms with Crippen LogP contribution in [0.1, 0.15) is 57.7 Å². The molecule has 2 bridgehead atoms. The third kappa shape index (κ3) is 5.00. The van der Waals surface area contributed by atoms with E-state index in [4.69, 9.17) is 32.7 Å². The molecule has 0 aromatic heterocycles. The lowest BCUT2D eigenvalue weighted by molar-refractivity contribution is -0.0348. The van der Waals surface area contributed by atoms with Crippen molar-refractivity contribution in [1.82, 2.24) is 10.2 Å². The molecule has 3 fully saturated rings. The van der Waals surface area contributed by atoms with Crippen LogP contribution in [-0.4, -0.2) is 42.8 Å². The molecule has 1 amide bonds. The fourth-order valence-electron chi connectivity index (χ4n) is 5.92. The largest absolute Gasteiger partial charge is 0.488 e. The van der Waals surface area contributed by atoms with Crippen LogP contribution in [0.4, 0.5) is 4.79 Å². The zero-order chi connectivity index (χ0) is 24.9. The Kier molecular flexibility index (Phi) is 6.71. The number of halogens is 2. The predicted molar refractivity (Wildman–Crippen MR) is 140 cm³/mol. The maximum atomic E-state index is 12.9. The third-order valence-corrected chi connectivity index (χ3v) is 8.24. The quantitative estimate of drug-likeness (QED) is 0.469. The number of rotatable bonds is 5. The highest BCUT2D eigenvalue weighted by Gasteiger charge is 2.42. The molecule has 2 atom stereocenters. The van der Waals surface area contributed by atoms with E-state index in [0.29, 0.717) is 21.7 Å². The Bertz CT molecular complexity index is 1100. The SMILES string of the molecule is CC(C)Oc1c(Cl)cc(-c2ccc3c(c2)CC(C)(C)[C@H]3NC(=O)O[C@@H]2CN3CCC2CC3)cc1Cl. The van der Waals surface area contributed by atoms with Gasteiger partial charge in [-0.05, 0) is 91.9 Å². The maximum Gasteiger partial charge on any atom is 0.407 e. The highest BCUT2D eigenvalue weighted by Crippen LogP contribution is 2.47. The van der Waals surface area contributed by atoms with Crippen molar-refractivity contribution < 1.29 is 14.3 Å². The van der Waals surface area contributed by atoms with E-state index in [2.05, 4.69) is 42.3 Å². The minimum absolute atomic E-state index is 0.000931. The molecular weight excluding hydrogens is 483 g/mol. The highest BCUT2D eigenvalue weighted by molar-refractivity contribution is 6.37. The van der Waals surface area contributed by atoms with E-state index in [-0.39, 0.29) is 29.8 Å². The van der Waals surface area contributed by atoms with Crippen molar-refractivity contribution in [2.75, 3.05) is 19.6 Å². The van der Waals surface area contributed by atoms with Gasteiger partial charge in [-0.2, -0.15) is 0 Å². The van der Waals surface area contributed by atoms with Gasteiger partial charge in [0.05, 0.1) is 22.2 Å². The van der Waals surface area contributed by atoms with Crippen LogP contribution in [0.2, 0.25) is 10.0 Å². The third-order valence-electron chi connectivity index (χ3n) is 7.68. The van der Waals surface area contributed by atoms with Gasteiger partial charge in [-0.25, -0.2) is 4.79 Å². The molecule has 2 aromatic carbocycles.